The molecule has 2 fully saturated rings. The van der Waals surface area contributed by atoms with Gasteiger partial charge in [0.05, 0.1) is 13.2 Å². The number of carbonyl (C=O) groups is 1. The lowest BCUT2D eigenvalue weighted by molar-refractivity contribution is -0.125. The molecule has 2 aliphatic rings. The maximum absolute atomic E-state index is 11.6. The fraction of sp³-hybridized carbons (Fsp3) is 0.727. The molecule has 0 amide bonds. The summed E-state index contributed by atoms with van der Waals surface area (Å²) in [5.74, 6) is 0.750. The summed E-state index contributed by atoms with van der Waals surface area (Å²) in [6.45, 7) is 5.08. The lowest BCUT2D eigenvalue weighted by Crippen LogP contribution is -2.21. The number of allylic oxidation sites excluding steroid dienone is 1. The minimum atomic E-state index is -0.163. The molecule has 0 radical (unpaired) electrons. The van der Waals surface area contributed by atoms with Gasteiger partial charge in [0.2, 0.25) is 0 Å². The second kappa shape index (κ2) is 4.24. The van der Waals surface area contributed by atoms with Crippen LogP contribution in [0.4, 0.5) is 0 Å². The Morgan fingerprint density at radius 3 is 2.79 bits per heavy atom. The molecule has 78 valence electrons. The molecule has 14 heavy (non-hydrogen) atoms. The van der Waals surface area contributed by atoms with Crippen LogP contribution in [-0.2, 0) is 14.3 Å². The molecule has 3 nitrogen and oxygen atoms in total. The van der Waals surface area contributed by atoms with Crippen molar-refractivity contribution in [3.63, 3.8) is 0 Å². The average Bonchev–Trinajstić information content (AvgIpc) is 2.79. The molecule has 1 saturated heterocycles. The Bertz CT molecular complexity index is 231. The fourth-order valence-corrected chi connectivity index (χ4v) is 2.27. The van der Waals surface area contributed by atoms with Crippen molar-refractivity contribution in [2.24, 2.45) is 11.8 Å². The van der Waals surface area contributed by atoms with E-state index < -0.39 is 0 Å². The zero-order valence-electron chi connectivity index (χ0n) is 8.28. The zero-order valence-corrected chi connectivity index (χ0v) is 8.28. The second-order valence-electron chi connectivity index (χ2n) is 3.92. The van der Waals surface area contributed by atoms with Gasteiger partial charge in [-0.05, 0) is 12.3 Å². The summed E-state index contributed by atoms with van der Waals surface area (Å²) in [5.41, 5.74) is 0. The van der Waals surface area contributed by atoms with E-state index in [1.807, 2.05) is 6.08 Å². The summed E-state index contributed by atoms with van der Waals surface area (Å²) in [5, 5.41) is 0. The highest BCUT2D eigenvalue weighted by Gasteiger charge is 2.35. The van der Waals surface area contributed by atoms with Crippen molar-refractivity contribution in [3.8, 4) is 0 Å². The monoisotopic (exact) mass is 196 g/mol. The van der Waals surface area contributed by atoms with Gasteiger partial charge in [0, 0.05) is 18.8 Å². The zero-order chi connectivity index (χ0) is 9.97. The van der Waals surface area contributed by atoms with Crippen molar-refractivity contribution < 1.29 is 14.3 Å². The van der Waals surface area contributed by atoms with Crippen molar-refractivity contribution in [1.82, 2.24) is 0 Å². The Labute approximate surface area is 84.1 Å². The van der Waals surface area contributed by atoms with Gasteiger partial charge in [0.15, 0.2) is 6.29 Å². The van der Waals surface area contributed by atoms with Gasteiger partial charge in [-0.25, -0.2) is 0 Å². The number of rotatable bonds is 3. The van der Waals surface area contributed by atoms with Gasteiger partial charge in [-0.2, -0.15) is 0 Å². The van der Waals surface area contributed by atoms with Gasteiger partial charge >= 0.3 is 0 Å². The lowest BCUT2D eigenvalue weighted by Gasteiger charge is -2.17. The van der Waals surface area contributed by atoms with Crippen LogP contribution in [0.15, 0.2) is 12.7 Å². The number of Topliss-reactive ketones (excluding diaryl/α,β-unsaturated/α-hetero) is 1. The summed E-state index contributed by atoms with van der Waals surface area (Å²) in [6, 6.07) is 0. The number of ether oxygens (including phenoxy) is 2. The van der Waals surface area contributed by atoms with Crippen LogP contribution in [-0.4, -0.2) is 25.3 Å². The van der Waals surface area contributed by atoms with Gasteiger partial charge in [0.25, 0.3) is 0 Å². The second-order valence-corrected chi connectivity index (χ2v) is 3.92. The van der Waals surface area contributed by atoms with Crippen LogP contribution in [0.5, 0.6) is 0 Å². The minimum absolute atomic E-state index is 0.0793. The Kier molecular flexibility index (Phi) is 2.99. The number of hydrogen-bond acceptors (Lipinski definition) is 3. The summed E-state index contributed by atoms with van der Waals surface area (Å²) in [7, 11) is 0. The van der Waals surface area contributed by atoms with E-state index in [1.54, 1.807) is 0 Å². The van der Waals surface area contributed by atoms with Crippen molar-refractivity contribution in [3.05, 3.63) is 12.7 Å². The van der Waals surface area contributed by atoms with Crippen molar-refractivity contribution >= 4 is 5.78 Å². The maximum atomic E-state index is 11.6. The van der Waals surface area contributed by atoms with E-state index in [4.69, 9.17) is 9.47 Å². The van der Waals surface area contributed by atoms with Crippen molar-refractivity contribution in [2.45, 2.75) is 25.6 Å². The first-order chi connectivity index (χ1) is 6.81. The minimum Gasteiger partial charge on any atom is -0.350 e. The van der Waals surface area contributed by atoms with E-state index in [-0.39, 0.29) is 12.2 Å². The van der Waals surface area contributed by atoms with Crippen LogP contribution in [0.25, 0.3) is 0 Å². The molecule has 2 rings (SSSR count). The first-order valence-corrected chi connectivity index (χ1v) is 5.19. The summed E-state index contributed by atoms with van der Waals surface area (Å²) in [4.78, 5) is 11.6. The molecule has 2 atom stereocenters. The third-order valence-corrected chi connectivity index (χ3v) is 3.09. The predicted octanol–water partition coefficient (Wildman–Crippen LogP) is 1.53. The topological polar surface area (TPSA) is 35.5 Å². The molecule has 0 aromatic carbocycles. The van der Waals surface area contributed by atoms with Crippen LogP contribution in [0.1, 0.15) is 19.3 Å². The van der Waals surface area contributed by atoms with E-state index >= 15 is 0 Å². The molecule has 3 heteroatoms. The Morgan fingerprint density at radius 2 is 2.14 bits per heavy atom. The number of hydrogen-bond donors (Lipinski definition) is 0. The van der Waals surface area contributed by atoms with E-state index in [0.717, 1.165) is 6.42 Å². The Hall–Kier alpha value is -0.670. The summed E-state index contributed by atoms with van der Waals surface area (Å²) >= 11 is 0. The van der Waals surface area contributed by atoms with Gasteiger partial charge in [-0.3, -0.25) is 4.79 Å². The fourth-order valence-electron chi connectivity index (χ4n) is 2.27. The first-order valence-electron chi connectivity index (χ1n) is 5.19. The Morgan fingerprint density at radius 1 is 1.43 bits per heavy atom. The van der Waals surface area contributed by atoms with Gasteiger partial charge in [-0.15, -0.1) is 6.58 Å². The quantitative estimate of drug-likeness (QED) is 0.642. The number of carbonyl (C=O) groups excluding carboxylic acids is 1. The predicted molar refractivity (Wildman–Crippen MR) is 51.7 cm³/mol. The molecule has 0 aromatic rings. The molecule has 1 saturated carbocycles. The van der Waals surface area contributed by atoms with Crippen LogP contribution < -0.4 is 0 Å². The van der Waals surface area contributed by atoms with Crippen LogP contribution in [0.3, 0.4) is 0 Å². The van der Waals surface area contributed by atoms with E-state index in [9.17, 15) is 4.79 Å². The molecule has 0 aromatic heterocycles. The van der Waals surface area contributed by atoms with E-state index in [1.165, 1.54) is 0 Å². The van der Waals surface area contributed by atoms with Crippen molar-refractivity contribution in [2.75, 3.05) is 13.2 Å². The molecule has 0 N–H and O–H groups in total. The molecule has 1 aliphatic carbocycles. The largest absolute Gasteiger partial charge is 0.350 e. The van der Waals surface area contributed by atoms with Crippen LogP contribution >= 0.6 is 0 Å². The molecule has 0 bridgehead atoms. The molecular formula is C11H16O3. The molecular weight excluding hydrogens is 180 g/mol. The van der Waals surface area contributed by atoms with Crippen LogP contribution in [0.2, 0.25) is 0 Å². The molecule has 0 spiro atoms. The highest BCUT2D eigenvalue weighted by atomic mass is 16.7. The van der Waals surface area contributed by atoms with Gasteiger partial charge in [0.1, 0.15) is 5.78 Å². The van der Waals surface area contributed by atoms with Crippen molar-refractivity contribution in [1.29, 1.82) is 0 Å². The maximum Gasteiger partial charge on any atom is 0.158 e. The first kappa shape index (κ1) is 9.87. The van der Waals surface area contributed by atoms with Gasteiger partial charge < -0.3 is 9.47 Å². The molecule has 1 aliphatic heterocycles. The van der Waals surface area contributed by atoms with Gasteiger partial charge in [-0.1, -0.05) is 6.08 Å². The highest BCUT2D eigenvalue weighted by molar-refractivity contribution is 5.83. The van der Waals surface area contributed by atoms with E-state index in [2.05, 4.69) is 6.58 Å². The normalized spacial score (nSPS) is 33.9. The lowest BCUT2D eigenvalue weighted by atomic mass is 9.92. The molecule has 1 heterocycles. The average molecular weight is 196 g/mol. The summed E-state index contributed by atoms with van der Waals surface area (Å²) in [6.07, 6.45) is 4.07. The smallest absolute Gasteiger partial charge is 0.158 e. The SMILES string of the molecule is C=CC1CCC(=O)[C@@H]1CC1OCCO1. The standard InChI is InChI=1S/C11H16O3/c1-2-8-3-4-10(12)9(8)7-11-13-5-6-14-11/h2,8-9,11H,1,3-7H2/t8?,9-/m1/s1. The summed E-state index contributed by atoms with van der Waals surface area (Å²) < 4.78 is 10.7. The third-order valence-electron chi connectivity index (χ3n) is 3.09. The molecule has 1 unspecified atom stereocenters. The highest BCUT2D eigenvalue weighted by Crippen LogP contribution is 2.34. The third kappa shape index (κ3) is 1.88. The van der Waals surface area contributed by atoms with Crippen LogP contribution in [0, 0.1) is 11.8 Å². The number of ketones is 1. The van der Waals surface area contributed by atoms with E-state index in [0.29, 0.717) is 37.8 Å². The Balaban J connectivity index is 1.93.